The van der Waals surface area contributed by atoms with Gasteiger partial charge in [0.1, 0.15) is 17.7 Å². The molecule has 2 aromatic heterocycles. The predicted octanol–water partition coefficient (Wildman–Crippen LogP) is 2.44. The third-order valence-corrected chi connectivity index (χ3v) is 5.86. The minimum absolute atomic E-state index is 0. The zero-order valence-corrected chi connectivity index (χ0v) is 17.5. The Kier molecular flexibility index (Phi) is 5.62. The number of nitrogens with zero attached hydrogens (tertiary/aromatic N) is 5. The van der Waals surface area contributed by atoms with E-state index in [2.05, 4.69) is 10.3 Å². The van der Waals surface area contributed by atoms with E-state index in [0.29, 0.717) is 18.8 Å². The molecule has 1 aliphatic carbocycles. The number of hydrogen-bond donors (Lipinski definition) is 1. The smallest absolute Gasteiger partial charge is 0.275 e. The average molecular weight is 431 g/mol. The van der Waals surface area contributed by atoms with Crippen LogP contribution in [0.25, 0.3) is 5.69 Å². The molecule has 0 saturated carbocycles. The molecule has 0 spiro atoms. The maximum absolute atomic E-state index is 13.6. The fourth-order valence-electron chi connectivity index (χ4n) is 4.42. The third-order valence-electron chi connectivity index (χ3n) is 5.86. The number of aromatic nitrogens is 4. The summed E-state index contributed by atoms with van der Waals surface area (Å²) in [5.74, 6) is 0.520. The van der Waals surface area contributed by atoms with Crippen LogP contribution in [0.4, 0.5) is 4.39 Å². The van der Waals surface area contributed by atoms with Crippen molar-refractivity contribution in [2.45, 2.75) is 25.3 Å². The first-order valence-electron chi connectivity index (χ1n) is 9.99. The summed E-state index contributed by atoms with van der Waals surface area (Å²) < 4.78 is 17.1. The van der Waals surface area contributed by atoms with Gasteiger partial charge in [0.2, 0.25) is 0 Å². The zero-order valence-electron chi connectivity index (χ0n) is 16.7. The maximum Gasteiger partial charge on any atom is 0.275 e. The molecular formula is C21H24ClFN6O. The molecule has 30 heavy (non-hydrogen) atoms. The topological polar surface area (TPSA) is 68.0 Å². The van der Waals surface area contributed by atoms with Gasteiger partial charge in [-0.25, -0.2) is 14.1 Å². The second-order valence-corrected chi connectivity index (χ2v) is 7.63. The second-order valence-electron chi connectivity index (χ2n) is 7.63. The van der Waals surface area contributed by atoms with Crippen molar-refractivity contribution in [1.29, 1.82) is 0 Å². The van der Waals surface area contributed by atoms with Gasteiger partial charge in [-0.05, 0) is 43.5 Å². The van der Waals surface area contributed by atoms with E-state index in [1.165, 1.54) is 12.1 Å². The highest BCUT2D eigenvalue weighted by molar-refractivity contribution is 5.94. The molecule has 1 fully saturated rings. The van der Waals surface area contributed by atoms with Crippen molar-refractivity contribution in [1.82, 2.24) is 29.5 Å². The van der Waals surface area contributed by atoms with E-state index in [4.69, 9.17) is 5.10 Å². The van der Waals surface area contributed by atoms with Crippen molar-refractivity contribution in [2.24, 2.45) is 7.05 Å². The molecule has 9 heteroatoms. The Balaban J connectivity index is 0.00000218. The molecule has 3 aromatic rings. The van der Waals surface area contributed by atoms with Gasteiger partial charge in [-0.1, -0.05) is 0 Å². The third kappa shape index (κ3) is 3.40. The van der Waals surface area contributed by atoms with Crippen LogP contribution in [0.1, 0.15) is 40.0 Å². The lowest BCUT2D eigenvalue weighted by Crippen LogP contribution is -2.49. The molecule has 158 valence electrons. The first-order valence-corrected chi connectivity index (χ1v) is 9.99. The van der Waals surface area contributed by atoms with Crippen LogP contribution < -0.4 is 5.32 Å². The zero-order chi connectivity index (χ0) is 20.0. The molecule has 0 radical (unpaired) electrons. The van der Waals surface area contributed by atoms with E-state index in [1.807, 2.05) is 27.4 Å². The van der Waals surface area contributed by atoms with Crippen molar-refractivity contribution in [3.63, 3.8) is 0 Å². The van der Waals surface area contributed by atoms with Crippen LogP contribution >= 0.6 is 12.4 Å². The minimum atomic E-state index is -0.285. The van der Waals surface area contributed by atoms with E-state index in [-0.39, 0.29) is 30.2 Å². The summed E-state index contributed by atoms with van der Waals surface area (Å²) in [4.78, 5) is 20.0. The van der Waals surface area contributed by atoms with Gasteiger partial charge >= 0.3 is 0 Å². The maximum atomic E-state index is 13.6. The van der Waals surface area contributed by atoms with Crippen LogP contribution in [0.5, 0.6) is 0 Å². The molecule has 1 atom stereocenters. The Morgan fingerprint density at radius 2 is 2.03 bits per heavy atom. The van der Waals surface area contributed by atoms with E-state index in [1.54, 1.807) is 18.3 Å². The Morgan fingerprint density at radius 3 is 2.77 bits per heavy atom. The lowest BCUT2D eigenvalue weighted by Gasteiger charge is -2.35. The van der Waals surface area contributed by atoms with Gasteiger partial charge in [-0.3, -0.25) is 4.79 Å². The van der Waals surface area contributed by atoms with Crippen LogP contribution in [0.15, 0.2) is 36.7 Å². The summed E-state index contributed by atoms with van der Waals surface area (Å²) in [5.41, 5.74) is 3.38. The number of carbonyl (C=O) groups excluding carboxylic acids is 1. The number of hydrogen-bond acceptors (Lipinski definition) is 4. The van der Waals surface area contributed by atoms with Gasteiger partial charge in [0.15, 0.2) is 5.69 Å². The molecule has 1 aromatic carbocycles. The number of halogens is 2. The van der Waals surface area contributed by atoms with Crippen LogP contribution in [0.2, 0.25) is 0 Å². The van der Waals surface area contributed by atoms with E-state index >= 15 is 0 Å². The lowest BCUT2D eigenvalue weighted by atomic mass is 10.1. The predicted molar refractivity (Wildman–Crippen MR) is 113 cm³/mol. The molecule has 3 heterocycles. The second kappa shape index (κ2) is 8.20. The van der Waals surface area contributed by atoms with E-state index in [9.17, 15) is 9.18 Å². The molecule has 1 aliphatic heterocycles. The Hall–Kier alpha value is -2.71. The molecule has 1 saturated heterocycles. The minimum Gasteiger partial charge on any atom is -0.336 e. The number of nitrogens with one attached hydrogen (secondary N) is 1. The van der Waals surface area contributed by atoms with Crippen molar-refractivity contribution in [3.05, 3.63) is 65.3 Å². The van der Waals surface area contributed by atoms with Gasteiger partial charge in [-0.2, -0.15) is 5.10 Å². The number of fused-ring (bicyclic) bond motifs is 1. The quantitative estimate of drug-likeness (QED) is 0.693. The number of amides is 1. The first-order chi connectivity index (χ1) is 14.1. The number of aryl methyl sites for hydroxylation is 1. The summed E-state index contributed by atoms with van der Waals surface area (Å²) in [6.45, 7) is 2.01. The van der Waals surface area contributed by atoms with Gasteiger partial charge in [-0.15, -0.1) is 12.4 Å². The summed E-state index contributed by atoms with van der Waals surface area (Å²) in [7, 11) is 1.94. The van der Waals surface area contributed by atoms with Crippen molar-refractivity contribution in [2.75, 3.05) is 19.6 Å². The standard InChI is InChI=1S/C21H23FN6O.ClH/c1-26-11-10-24-20(26)18-13-23-9-12-27(18)21(29)19-16-3-2-4-17(16)28(25-19)15-7-5-14(22)6-8-15;/h5-8,10-11,18,23H,2-4,9,12-13H2,1H3;1H. The molecule has 1 unspecified atom stereocenters. The molecule has 5 rings (SSSR count). The lowest BCUT2D eigenvalue weighted by molar-refractivity contribution is 0.0613. The van der Waals surface area contributed by atoms with Crippen LogP contribution in [-0.2, 0) is 19.9 Å². The Bertz CT molecular complexity index is 1060. The average Bonchev–Trinajstić information content (AvgIpc) is 3.45. The van der Waals surface area contributed by atoms with Crippen molar-refractivity contribution in [3.8, 4) is 5.69 Å². The molecule has 1 N–H and O–H groups in total. The molecule has 7 nitrogen and oxygen atoms in total. The molecule has 2 aliphatic rings. The summed E-state index contributed by atoms with van der Waals surface area (Å²) in [5, 5.41) is 8.07. The van der Waals surface area contributed by atoms with Crippen molar-refractivity contribution < 1.29 is 9.18 Å². The largest absolute Gasteiger partial charge is 0.336 e. The number of carbonyl (C=O) groups is 1. The van der Waals surface area contributed by atoms with Gasteiger partial charge in [0, 0.05) is 50.3 Å². The summed E-state index contributed by atoms with van der Waals surface area (Å²) >= 11 is 0. The number of piperazine rings is 1. The fraction of sp³-hybridized carbons (Fsp3) is 0.381. The van der Waals surface area contributed by atoms with Crippen molar-refractivity contribution >= 4 is 18.3 Å². The van der Waals surface area contributed by atoms with Gasteiger partial charge < -0.3 is 14.8 Å². The fourth-order valence-corrected chi connectivity index (χ4v) is 4.42. The normalized spacial score (nSPS) is 18.2. The number of rotatable bonds is 3. The van der Waals surface area contributed by atoms with Gasteiger partial charge in [0.05, 0.1) is 5.69 Å². The Labute approximate surface area is 180 Å². The van der Waals surface area contributed by atoms with Gasteiger partial charge in [0.25, 0.3) is 5.91 Å². The summed E-state index contributed by atoms with van der Waals surface area (Å²) in [6.07, 6.45) is 6.37. The monoisotopic (exact) mass is 430 g/mol. The first kappa shape index (κ1) is 20.6. The van der Waals surface area contributed by atoms with E-state index < -0.39 is 0 Å². The van der Waals surface area contributed by atoms with Crippen LogP contribution in [-0.4, -0.2) is 49.8 Å². The molecule has 0 bridgehead atoms. The van der Waals surface area contributed by atoms with E-state index in [0.717, 1.165) is 48.6 Å². The molecular weight excluding hydrogens is 407 g/mol. The highest BCUT2D eigenvalue weighted by Gasteiger charge is 2.35. The van der Waals surface area contributed by atoms with Crippen LogP contribution in [0.3, 0.4) is 0 Å². The molecule has 1 amide bonds. The Morgan fingerprint density at radius 1 is 1.23 bits per heavy atom. The highest BCUT2D eigenvalue weighted by atomic mass is 35.5. The SMILES string of the molecule is Cl.Cn1ccnc1C1CNCCN1C(=O)c1nn(-c2ccc(F)cc2)c2c1CCC2. The summed E-state index contributed by atoms with van der Waals surface area (Å²) in [6, 6.07) is 6.12. The van der Waals surface area contributed by atoms with Crippen LogP contribution in [0, 0.1) is 5.82 Å². The highest BCUT2D eigenvalue weighted by Crippen LogP contribution is 2.30. The number of benzene rings is 1. The number of imidazole rings is 1.